The Morgan fingerprint density at radius 1 is 1.29 bits per heavy atom. The SMILES string of the molecule is C[C@]1(C(N)=O)COc2c1cc([C@@](O)(CN)c1ccccc1)nc2-c1cc(Cl)ccc1F. The Balaban J connectivity index is 2.05. The van der Waals surface area contributed by atoms with E-state index in [-0.39, 0.29) is 35.9 Å². The first-order chi connectivity index (χ1) is 14.7. The second-order valence-electron chi connectivity index (χ2n) is 7.77. The molecule has 1 aromatic heterocycles. The number of nitrogens with zero attached hydrogens (tertiary/aromatic N) is 1. The van der Waals surface area contributed by atoms with Crippen molar-refractivity contribution in [3.63, 3.8) is 0 Å². The molecule has 3 aromatic rings. The van der Waals surface area contributed by atoms with Crippen LogP contribution in [-0.2, 0) is 15.8 Å². The minimum atomic E-state index is -1.69. The summed E-state index contributed by atoms with van der Waals surface area (Å²) in [5.41, 5.74) is 10.0. The Morgan fingerprint density at radius 3 is 2.65 bits per heavy atom. The molecule has 4 rings (SSSR count). The Bertz CT molecular complexity index is 1170. The van der Waals surface area contributed by atoms with E-state index >= 15 is 0 Å². The molecule has 0 unspecified atom stereocenters. The van der Waals surface area contributed by atoms with Gasteiger partial charge in [-0.2, -0.15) is 0 Å². The van der Waals surface area contributed by atoms with Crippen LogP contribution in [0.5, 0.6) is 5.75 Å². The van der Waals surface area contributed by atoms with Crippen LogP contribution in [0.3, 0.4) is 0 Å². The van der Waals surface area contributed by atoms with Crippen molar-refractivity contribution >= 4 is 17.5 Å². The molecule has 0 aliphatic carbocycles. The maximum atomic E-state index is 14.8. The summed E-state index contributed by atoms with van der Waals surface area (Å²) in [5, 5.41) is 11.8. The van der Waals surface area contributed by atoms with Gasteiger partial charge < -0.3 is 21.3 Å². The van der Waals surface area contributed by atoms with E-state index in [2.05, 4.69) is 4.98 Å². The summed E-state index contributed by atoms with van der Waals surface area (Å²) in [6.07, 6.45) is 0. The van der Waals surface area contributed by atoms with Crippen molar-refractivity contribution in [2.75, 3.05) is 13.2 Å². The zero-order valence-corrected chi connectivity index (χ0v) is 17.5. The van der Waals surface area contributed by atoms with Crippen molar-refractivity contribution in [3.05, 3.63) is 82.3 Å². The molecule has 0 saturated carbocycles. The number of halogens is 2. The van der Waals surface area contributed by atoms with Gasteiger partial charge in [-0.3, -0.25) is 4.79 Å². The number of carbonyl (C=O) groups is 1. The molecule has 1 aliphatic rings. The number of hydrogen-bond acceptors (Lipinski definition) is 5. The zero-order chi connectivity index (χ0) is 22.4. The highest BCUT2D eigenvalue weighted by Crippen LogP contribution is 2.46. The van der Waals surface area contributed by atoms with Gasteiger partial charge in [0.1, 0.15) is 34.9 Å². The lowest BCUT2D eigenvalue weighted by Gasteiger charge is -2.29. The molecule has 0 radical (unpaired) electrons. The maximum absolute atomic E-state index is 14.8. The number of ether oxygens (including phenoxy) is 1. The molecule has 5 N–H and O–H groups in total. The lowest BCUT2D eigenvalue weighted by Crippen LogP contribution is -2.41. The molecule has 2 heterocycles. The summed E-state index contributed by atoms with van der Waals surface area (Å²) in [7, 11) is 0. The molecule has 0 fully saturated rings. The summed E-state index contributed by atoms with van der Waals surface area (Å²) < 4.78 is 20.6. The molecule has 8 heteroatoms. The third kappa shape index (κ3) is 3.35. The average Bonchev–Trinajstić information content (AvgIpc) is 3.13. The van der Waals surface area contributed by atoms with Gasteiger partial charge in [0, 0.05) is 22.7 Å². The van der Waals surface area contributed by atoms with Crippen LogP contribution in [0.1, 0.15) is 23.7 Å². The van der Waals surface area contributed by atoms with Crippen molar-refractivity contribution in [1.29, 1.82) is 0 Å². The van der Waals surface area contributed by atoms with Gasteiger partial charge in [-0.25, -0.2) is 9.37 Å². The van der Waals surface area contributed by atoms with E-state index < -0.39 is 22.7 Å². The van der Waals surface area contributed by atoms with Gasteiger partial charge in [-0.05, 0) is 36.8 Å². The number of amides is 1. The van der Waals surface area contributed by atoms with E-state index in [0.29, 0.717) is 16.1 Å². The van der Waals surface area contributed by atoms with Crippen LogP contribution < -0.4 is 16.2 Å². The topological polar surface area (TPSA) is 111 Å². The van der Waals surface area contributed by atoms with Crippen LogP contribution in [-0.4, -0.2) is 29.1 Å². The van der Waals surface area contributed by atoms with Crippen molar-refractivity contribution in [2.45, 2.75) is 17.9 Å². The summed E-state index contributed by atoms with van der Waals surface area (Å²) in [6.45, 7) is 1.39. The molecular weight excluding hydrogens is 421 g/mol. The van der Waals surface area contributed by atoms with Crippen LogP contribution in [0.4, 0.5) is 4.39 Å². The minimum absolute atomic E-state index is 0.0373. The third-order valence-electron chi connectivity index (χ3n) is 5.77. The highest BCUT2D eigenvalue weighted by Gasteiger charge is 2.45. The number of primary amides is 1. The monoisotopic (exact) mass is 441 g/mol. The van der Waals surface area contributed by atoms with Gasteiger partial charge in [-0.1, -0.05) is 41.9 Å². The van der Waals surface area contributed by atoms with Crippen LogP contribution >= 0.6 is 11.6 Å². The molecular formula is C23H21ClFN3O3. The molecule has 0 saturated heterocycles. The summed E-state index contributed by atoms with van der Waals surface area (Å²) >= 11 is 6.10. The molecule has 2 aromatic carbocycles. The maximum Gasteiger partial charge on any atom is 0.231 e. The molecule has 0 bridgehead atoms. The van der Waals surface area contributed by atoms with Gasteiger partial charge in [0.2, 0.25) is 5.91 Å². The van der Waals surface area contributed by atoms with E-state index in [1.807, 2.05) is 0 Å². The number of benzene rings is 2. The minimum Gasteiger partial charge on any atom is -0.489 e. The Kier molecular flexibility index (Phi) is 5.21. The Hall–Kier alpha value is -3.00. The third-order valence-corrected chi connectivity index (χ3v) is 6.01. The van der Waals surface area contributed by atoms with Crippen LogP contribution in [0.25, 0.3) is 11.3 Å². The van der Waals surface area contributed by atoms with Crippen molar-refractivity contribution in [3.8, 4) is 17.0 Å². The molecule has 1 aliphatic heterocycles. The highest BCUT2D eigenvalue weighted by molar-refractivity contribution is 6.30. The second-order valence-corrected chi connectivity index (χ2v) is 8.21. The molecule has 2 atom stereocenters. The van der Waals surface area contributed by atoms with E-state index in [1.54, 1.807) is 43.3 Å². The fraction of sp³-hybridized carbons (Fsp3) is 0.217. The van der Waals surface area contributed by atoms with E-state index in [1.165, 1.54) is 18.2 Å². The number of carbonyl (C=O) groups excluding carboxylic acids is 1. The predicted molar refractivity (Wildman–Crippen MR) is 115 cm³/mol. The van der Waals surface area contributed by atoms with Crippen molar-refractivity contribution in [1.82, 2.24) is 4.98 Å². The first-order valence-corrected chi connectivity index (χ1v) is 10.0. The predicted octanol–water partition coefficient (Wildman–Crippen LogP) is 2.87. The van der Waals surface area contributed by atoms with Gasteiger partial charge >= 0.3 is 0 Å². The first-order valence-electron chi connectivity index (χ1n) is 9.63. The van der Waals surface area contributed by atoms with E-state index in [9.17, 15) is 14.3 Å². The quantitative estimate of drug-likeness (QED) is 0.563. The largest absolute Gasteiger partial charge is 0.489 e. The van der Waals surface area contributed by atoms with E-state index in [4.69, 9.17) is 27.8 Å². The number of aliphatic hydroxyl groups is 1. The van der Waals surface area contributed by atoms with Crippen LogP contribution in [0.15, 0.2) is 54.6 Å². The van der Waals surface area contributed by atoms with Gasteiger partial charge in [0.25, 0.3) is 0 Å². The molecule has 6 nitrogen and oxygen atoms in total. The smallest absolute Gasteiger partial charge is 0.231 e. The summed E-state index contributed by atoms with van der Waals surface area (Å²) in [4.78, 5) is 16.8. The van der Waals surface area contributed by atoms with Gasteiger partial charge in [0.15, 0.2) is 0 Å². The molecule has 31 heavy (non-hydrogen) atoms. The van der Waals surface area contributed by atoms with E-state index in [0.717, 1.165) is 0 Å². The Morgan fingerprint density at radius 2 is 2.00 bits per heavy atom. The van der Waals surface area contributed by atoms with Crippen molar-refractivity contribution < 1.29 is 19.0 Å². The first kappa shape index (κ1) is 21.2. The zero-order valence-electron chi connectivity index (χ0n) is 16.7. The number of rotatable bonds is 5. The number of aromatic nitrogens is 1. The average molecular weight is 442 g/mol. The van der Waals surface area contributed by atoms with Gasteiger partial charge in [-0.15, -0.1) is 0 Å². The second kappa shape index (κ2) is 7.60. The summed E-state index contributed by atoms with van der Waals surface area (Å²) in [6, 6.07) is 14.4. The number of fused-ring (bicyclic) bond motifs is 1. The summed E-state index contributed by atoms with van der Waals surface area (Å²) in [5.74, 6) is -0.973. The lowest BCUT2D eigenvalue weighted by atomic mass is 9.81. The number of hydrogen-bond donors (Lipinski definition) is 3. The fourth-order valence-electron chi connectivity index (χ4n) is 3.74. The highest BCUT2D eigenvalue weighted by atomic mass is 35.5. The molecule has 1 amide bonds. The Labute approximate surface area is 183 Å². The molecule has 0 spiro atoms. The normalized spacial score (nSPS) is 19.4. The van der Waals surface area contributed by atoms with Gasteiger partial charge in [0.05, 0.1) is 5.69 Å². The van der Waals surface area contributed by atoms with Crippen molar-refractivity contribution in [2.24, 2.45) is 11.5 Å². The fourth-order valence-corrected chi connectivity index (χ4v) is 3.92. The number of nitrogens with two attached hydrogens (primary N) is 2. The lowest BCUT2D eigenvalue weighted by molar-refractivity contribution is -0.123. The van der Waals surface area contributed by atoms with Crippen LogP contribution in [0.2, 0.25) is 5.02 Å². The number of pyridine rings is 1. The van der Waals surface area contributed by atoms with Crippen LogP contribution in [0, 0.1) is 5.82 Å². The molecule has 160 valence electrons. The standard InChI is InChI=1S/C23H21ClFN3O3/c1-22(21(27)29)12-31-20-16(22)10-18(23(30,11-26)13-5-3-2-4-6-13)28-19(20)15-9-14(24)7-8-17(15)25/h2-10,30H,11-12,26H2,1H3,(H2,27,29)/t22-,23+/m0/s1.